The van der Waals surface area contributed by atoms with Crippen LogP contribution in [0.1, 0.15) is 0 Å². The van der Waals surface area contributed by atoms with Gasteiger partial charge in [0, 0.05) is 23.4 Å². The zero-order chi connectivity index (χ0) is 16.3. The molecule has 0 saturated heterocycles. The molecular weight excluding hydrogens is 300 g/mol. The highest BCUT2D eigenvalue weighted by atomic mass is 16.2. The fourth-order valence-corrected chi connectivity index (χ4v) is 3.40. The first-order chi connectivity index (χ1) is 11.8. The van der Waals surface area contributed by atoms with Crippen molar-refractivity contribution in [1.82, 2.24) is 8.80 Å². The Balaban J connectivity index is 1.83. The van der Waals surface area contributed by atoms with E-state index >= 15 is 0 Å². The van der Waals surface area contributed by atoms with Crippen LogP contribution in [-0.4, -0.2) is 8.80 Å². The van der Waals surface area contributed by atoms with Crippen LogP contribution < -0.4 is 10.9 Å². The van der Waals surface area contributed by atoms with Crippen LogP contribution >= 0.6 is 0 Å². The number of rotatable bonds is 2. The highest BCUT2D eigenvalue weighted by Crippen LogP contribution is 2.30. The Morgan fingerprint density at radius 1 is 0.542 bits per heavy atom. The second-order valence-electron chi connectivity index (χ2n) is 5.84. The van der Waals surface area contributed by atoms with E-state index in [1.165, 1.54) is 0 Å². The van der Waals surface area contributed by atoms with E-state index in [4.69, 9.17) is 0 Å². The third-order valence-electron chi connectivity index (χ3n) is 4.55. The number of pyridine rings is 2. The van der Waals surface area contributed by atoms with Gasteiger partial charge in [0.15, 0.2) is 0 Å². The first kappa shape index (κ1) is 13.1. The minimum Gasteiger partial charge on any atom is -0.316 e. The summed E-state index contributed by atoms with van der Waals surface area (Å²) in [6, 6.07) is 19.4. The van der Waals surface area contributed by atoms with Gasteiger partial charge in [0.25, 0.3) is 0 Å². The molecule has 0 fully saturated rings. The molecule has 0 amide bonds. The summed E-state index contributed by atoms with van der Waals surface area (Å²) in [6.45, 7) is 0. The molecule has 0 aliphatic rings. The number of aromatic nitrogens is 2. The predicted octanol–water partition coefficient (Wildman–Crippen LogP) is 3.12. The number of hydrogen-bond donors (Lipinski definition) is 0. The third-order valence-corrected chi connectivity index (χ3v) is 4.55. The maximum atomic E-state index is 12.3. The van der Waals surface area contributed by atoms with Gasteiger partial charge in [-0.2, -0.15) is 0 Å². The van der Waals surface area contributed by atoms with E-state index in [1.807, 2.05) is 81.9 Å². The van der Waals surface area contributed by atoms with Crippen molar-refractivity contribution in [3.05, 3.63) is 93.5 Å². The molecular formula is C20H12N2O2. The molecule has 4 heteroatoms. The Kier molecular flexibility index (Phi) is 2.48. The summed E-state index contributed by atoms with van der Waals surface area (Å²) in [5.41, 5.74) is 3.66. The zero-order valence-electron chi connectivity index (χ0n) is 12.6. The predicted molar refractivity (Wildman–Crippen MR) is 94.1 cm³/mol. The molecule has 0 saturated carbocycles. The van der Waals surface area contributed by atoms with Crippen LogP contribution in [-0.2, 0) is 0 Å². The summed E-state index contributed by atoms with van der Waals surface area (Å²) in [6.07, 6.45) is 3.81. The lowest BCUT2D eigenvalue weighted by Crippen LogP contribution is -2.35. The third kappa shape index (κ3) is 1.57. The van der Waals surface area contributed by atoms with Gasteiger partial charge < -0.3 is 8.80 Å². The molecule has 114 valence electrons. The first-order valence-electron chi connectivity index (χ1n) is 7.72. The van der Waals surface area contributed by atoms with Crippen molar-refractivity contribution >= 4 is 11.0 Å². The van der Waals surface area contributed by atoms with Gasteiger partial charge in [-0.25, -0.2) is 0 Å². The molecule has 0 atom stereocenters. The van der Waals surface area contributed by atoms with Crippen LogP contribution in [0.15, 0.2) is 82.6 Å². The summed E-state index contributed by atoms with van der Waals surface area (Å²) < 4.78 is 3.88. The summed E-state index contributed by atoms with van der Waals surface area (Å²) >= 11 is 0. The summed E-state index contributed by atoms with van der Waals surface area (Å²) in [7, 11) is 0. The van der Waals surface area contributed by atoms with Crippen LogP contribution in [0.2, 0.25) is 0 Å². The molecule has 0 aliphatic carbocycles. The zero-order valence-corrected chi connectivity index (χ0v) is 12.6. The summed E-state index contributed by atoms with van der Waals surface area (Å²) in [5.74, 6) is 0. The lowest BCUT2D eigenvalue weighted by molar-refractivity contribution is 1.16. The van der Waals surface area contributed by atoms with Crippen molar-refractivity contribution in [2.75, 3.05) is 0 Å². The molecule has 0 N–H and O–H groups in total. The Morgan fingerprint density at radius 2 is 1.00 bits per heavy atom. The Hall–Kier alpha value is -3.40. The molecule has 5 rings (SSSR count). The fraction of sp³-hybridized carbons (Fsp3) is 0. The first-order valence-corrected chi connectivity index (χ1v) is 7.72. The molecule has 1 aromatic carbocycles. The maximum Gasteiger partial charge on any atom is 0.236 e. The van der Waals surface area contributed by atoms with Gasteiger partial charge >= 0.3 is 0 Å². The van der Waals surface area contributed by atoms with E-state index < -0.39 is 10.9 Å². The van der Waals surface area contributed by atoms with Gasteiger partial charge in [0.1, 0.15) is 0 Å². The standard InChI is InChI=1S/C20H12N2O2/c23-19-17(15-9-7-13-5-1-3-11-21(13)15)18(20(19)24)16-10-8-14-6-2-4-12-22(14)16/h1-12H. The monoisotopic (exact) mass is 312 g/mol. The van der Waals surface area contributed by atoms with Crippen molar-refractivity contribution in [2.45, 2.75) is 0 Å². The van der Waals surface area contributed by atoms with Crippen molar-refractivity contribution in [2.24, 2.45) is 0 Å². The van der Waals surface area contributed by atoms with Gasteiger partial charge in [0.05, 0.1) is 22.5 Å². The number of hydrogen-bond acceptors (Lipinski definition) is 2. The lowest BCUT2D eigenvalue weighted by atomic mass is 9.95. The van der Waals surface area contributed by atoms with Crippen molar-refractivity contribution in [3.63, 3.8) is 0 Å². The van der Waals surface area contributed by atoms with Crippen LogP contribution in [0.25, 0.3) is 33.5 Å². The Labute approximate surface area is 136 Å². The topological polar surface area (TPSA) is 43.0 Å². The van der Waals surface area contributed by atoms with Crippen LogP contribution in [0.3, 0.4) is 0 Å². The highest BCUT2D eigenvalue weighted by molar-refractivity contribution is 5.87. The molecule has 0 radical (unpaired) electrons. The van der Waals surface area contributed by atoms with Crippen molar-refractivity contribution in [1.29, 1.82) is 0 Å². The number of nitrogens with zero attached hydrogens (tertiary/aromatic N) is 2. The maximum absolute atomic E-state index is 12.3. The average Bonchev–Trinajstić information content (AvgIpc) is 3.23. The van der Waals surface area contributed by atoms with Crippen LogP contribution in [0.5, 0.6) is 0 Å². The van der Waals surface area contributed by atoms with E-state index in [9.17, 15) is 9.59 Å². The minimum absolute atomic E-state index is 0.417. The largest absolute Gasteiger partial charge is 0.316 e. The second-order valence-corrected chi connectivity index (χ2v) is 5.84. The molecule has 4 heterocycles. The van der Waals surface area contributed by atoms with E-state index in [0.717, 1.165) is 22.4 Å². The van der Waals surface area contributed by atoms with E-state index in [-0.39, 0.29) is 0 Å². The smallest absolute Gasteiger partial charge is 0.236 e. The second kappa shape index (κ2) is 4.55. The van der Waals surface area contributed by atoms with E-state index in [2.05, 4.69) is 0 Å². The van der Waals surface area contributed by atoms with Gasteiger partial charge in [-0.3, -0.25) is 9.59 Å². The molecule has 4 nitrogen and oxygen atoms in total. The Bertz CT molecular complexity index is 1190. The molecule has 0 spiro atoms. The van der Waals surface area contributed by atoms with E-state index in [0.29, 0.717) is 11.1 Å². The van der Waals surface area contributed by atoms with Crippen molar-refractivity contribution < 1.29 is 0 Å². The molecule has 0 aliphatic heterocycles. The normalized spacial score (nSPS) is 11.7. The molecule has 5 aromatic rings. The average molecular weight is 312 g/mol. The molecule has 24 heavy (non-hydrogen) atoms. The lowest BCUT2D eigenvalue weighted by Gasteiger charge is -2.12. The SMILES string of the molecule is O=c1c(-c2ccc3ccccn23)c(-c2ccc3ccccn23)c1=O. The van der Waals surface area contributed by atoms with Crippen LogP contribution in [0.4, 0.5) is 0 Å². The Morgan fingerprint density at radius 3 is 1.46 bits per heavy atom. The minimum atomic E-state index is -0.417. The highest BCUT2D eigenvalue weighted by Gasteiger charge is 2.26. The van der Waals surface area contributed by atoms with Gasteiger partial charge in [-0.05, 0) is 48.5 Å². The summed E-state index contributed by atoms with van der Waals surface area (Å²) in [5, 5.41) is 0. The fourth-order valence-electron chi connectivity index (χ4n) is 3.40. The van der Waals surface area contributed by atoms with E-state index in [1.54, 1.807) is 0 Å². The van der Waals surface area contributed by atoms with Gasteiger partial charge in [0.2, 0.25) is 10.9 Å². The van der Waals surface area contributed by atoms with Crippen molar-refractivity contribution in [3.8, 4) is 22.5 Å². The quantitative estimate of drug-likeness (QED) is 0.470. The van der Waals surface area contributed by atoms with Gasteiger partial charge in [-0.1, -0.05) is 12.1 Å². The van der Waals surface area contributed by atoms with Crippen LogP contribution in [0, 0.1) is 0 Å². The van der Waals surface area contributed by atoms with Gasteiger partial charge in [-0.15, -0.1) is 0 Å². The number of fused-ring (bicyclic) bond motifs is 2. The summed E-state index contributed by atoms with van der Waals surface area (Å²) in [4.78, 5) is 24.6. The molecule has 0 unspecified atom stereocenters. The molecule has 4 aromatic heterocycles. The molecule has 0 bridgehead atoms.